The molecule has 0 fully saturated rings. The standard InChI is InChI=1S/C4H4OS.H3N/c5-4-2-1-3-6-4;/h1-3,5H;1H3. The Balaban J connectivity index is 0.000000360. The lowest BCUT2D eigenvalue weighted by Crippen LogP contribution is -1.35. The Hall–Kier alpha value is -0.540. The first-order valence-electron chi connectivity index (χ1n) is 1.62. The van der Waals surface area contributed by atoms with Crippen molar-refractivity contribution >= 4 is 11.3 Å². The molecule has 0 spiro atoms. The summed E-state index contributed by atoms with van der Waals surface area (Å²) in [6.45, 7) is 0. The summed E-state index contributed by atoms with van der Waals surface area (Å²) in [6.07, 6.45) is 0. The van der Waals surface area contributed by atoms with Gasteiger partial charge < -0.3 is 11.3 Å². The lowest BCUT2D eigenvalue weighted by molar-refractivity contribution is 0.491. The van der Waals surface area contributed by atoms with Crippen molar-refractivity contribution in [3.05, 3.63) is 17.5 Å². The van der Waals surface area contributed by atoms with Crippen LogP contribution in [-0.4, -0.2) is 5.11 Å². The molecule has 4 N–H and O–H groups in total. The fraction of sp³-hybridized carbons (Fsp3) is 0. The Labute approximate surface area is 46.0 Å². The Bertz CT molecular complexity index is 115. The SMILES string of the molecule is N.Oc1cccs1. The molecule has 0 amide bonds. The number of hydrogen-bond acceptors (Lipinski definition) is 3. The van der Waals surface area contributed by atoms with Gasteiger partial charge in [0.2, 0.25) is 0 Å². The normalized spacial score (nSPS) is 7.43. The van der Waals surface area contributed by atoms with Crippen molar-refractivity contribution in [2.45, 2.75) is 0 Å². The lowest BCUT2D eigenvalue weighted by atomic mass is 10.7. The number of rotatable bonds is 0. The van der Waals surface area contributed by atoms with Crippen molar-refractivity contribution < 1.29 is 5.11 Å². The maximum absolute atomic E-state index is 8.49. The van der Waals surface area contributed by atoms with Crippen LogP contribution in [0.1, 0.15) is 0 Å². The van der Waals surface area contributed by atoms with E-state index in [-0.39, 0.29) is 6.15 Å². The van der Waals surface area contributed by atoms with Crippen LogP contribution in [0.15, 0.2) is 17.5 Å². The van der Waals surface area contributed by atoms with Crippen molar-refractivity contribution in [1.82, 2.24) is 6.15 Å². The highest BCUT2D eigenvalue weighted by Crippen LogP contribution is 2.14. The molecule has 0 saturated heterocycles. The highest BCUT2D eigenvalue weighted by Gasteiger charge is 1.77. The zero-order valence-corrected chi connectivity index (χ0v) is 4.61. The van der Waals surface area contributed by atoms with Gasteiger partial charge in [-0.3, -0.25) is 0 Å². The predicted octanol–water partition coefficient (Wildman–Crippen LogP) is 1.62. The minimum Gasteiger partial charge on any atom is -0.499 e. The van der Waals surface area contributed by atoms with Crippen LogP contribution in [0, 0.1) is 0 Å². The average molecular weight is 117 g/mol. The first-order valence-corrected chi connectivity index (χ1v) is 2.50. The molecule has 2 nitrogen and oxygen atoms in total. The van der Waals surface area contributed by atoms with E-state index in [0.717, 1.165) is 0 Å². The van der Waals surface area contributed by atoms with E-state index in [1.165, 1.54) is 11.3 Å². The highest BCUT2D eigenvalue weighted by atomic mass is 32.1. The van der Waals surface area contributed by atoms with Crippen LogP contribution in [0.25, 0.3) is 0 Å². The molecule has 1 aromatic heterocycles. The molecule has 0 saturated carbocycles. The molecule has 0 aliphatic heterocycles. The number of hydrogen-bond donors (Lipinski definition) is 2. The van der Waals surface area contributed by atoms with E-state index in [4.69, 9.17) is 5.11 Å². The van der Waals surface area contributed by atoms with Gasteiger partial charge in [-0.05, 0) is 17.5 Å². The molecular weight excluding hydrogens is 110 g/mol. The smallest absolute Gasteiger partial charge is 0.171 e. The van der Waals surface area contributed by atoms with E-state index >= 15 is 0 Å². The second-order valence-electron chi connectivity index (χ2n) is 0.951. The van der Waals surface area contributed by atoms with Crippen molar-refractivity contribution in [2.24, 2.45) is 0 Å². The molecule has 40 valence electrons. The summed E-state index contributed by atoms with van der Waals surface area (Å²) < 4.78 is 0. The van der Waals surface area contributed by atoms with Gasteiger partial charge in [0, 0.05) is 0 Å². The first kappa shape index (κ1) is 6.46. The molecule has 0 unspecified atom stereocenters. The van der Waals surface area contributed by atoms with Gasteiger partial charge in [-0.25, -0.2) is 0 Å². The van der Waals surface area contributed by atoms with E-state index in [0.29, 0.717) is 5.06 Å². The van der Waals surface area contributed by atoms with Crippen LogP contribution in [-0.2, 0) is 0 Å². The zero-order chi connectivity index (χ0) is 4.41. The molecule has 1 heterocycles. The van der Waals surface area contributed by atoms with Gasteiger partial charge >= 0.3 is 0 Å². The second-order valence-corrected chi connectivity index (χ2v) is 1.88. The molecule has 3 heteroatoms. The molecule has 0 aliphatic rings. The van der Waals surface area contributed by atoms with Crippen LogP contribution in [0.3, 0.4) is 0 Å². The van der Waals surface area contributed by atoms with Gasteiger partial charge in [-0.15, -0.1) is 11.3 Å². The molecule has 7 heavy (non-hydrogen) atoms. The summed E-state index contributed by atoms with van der Waals surface area (Å²) in [4.78, 5) is 0. The van der Waals surface area contributed by atoms with Crippen LogP contribution in [0.4, 0.5) is 0 Å². The van der Waals surface area contributed by atoms with E-state index in [9.17, 15) is 0 Å². The summed E-state index contributed by atoms with van der Waals surface area (Å²) in [5, 5.41) is 10.7. The predicted molar refractivity (Wildman–Crippen MR) is 31.0 cm³/mol. The fourth-order valence-corrected chi connectivity index (χ4v) is 0.724. The Kier molecular flexibility index (Phi) is 2.40. The average Bonchev–Trinajstić information content (AvgIpc) is 1.86. The van der Waals surface area contributed by atoms with Crippen LogP contribution in [0.5, 0.6) is 5.06 Å². The molecule has 0 aromatic carbocycles. The monoisotopic (exact) mass is 117 g/mol. The lowest BCUT2D eigenvalue weighted by Gasteiger charge is -1.67. The topological polar surface area (TPSA) is 55.2 Å². The summed E-state index contributed by atoms with van der Waals surface area (Å²) in [7, 11) is 0. The third-order valence-corrected chi connectivity index (χ3v) is 1.18. The van der Waals surface area contributed by atoms with E-state index in [1.54, 1.807) is 12.1 Å². The second kappa shape index (κ2) is 2.60. The van der Waals surface area contributed by atoms with Crippen LogP contribution in [0.2, 0.25) is 0 Å². The first-order chi connectivity index (χ1) is 2.89. The van der Waals surface area contributed by atoms with Gasteiger partial charge in [0.25, 0.3) is 0 Å². The highest BCUT2D eigenvalue weighted by molar-refractivity contribution is 7.11. The minimum absolute atomic E-state index is 0. The van der Waals surface area contributed by atoms with Gasteiger partial charge in [-0.2, -0.15) is 0 Å². The van der Waals surface area contributed by atoms with Gasteiger partial charge in [0.05, 0.1) is 0 Å². The van der Waals surface area contributed by atoms with Crippen LogP contribution >= 0.6 is 11.3 Å². The molecule has 0 radical (unpaired) electrons. The molecule has 1 aromatic rings. The minimum atomic E-state index is 0. The zero-order valence-electron chi connectivity index (χ0n) is 3.79. The van der Waals surface area contributed by atoms with Crippen molar-refractivity contribution in [3.63, 3.8) is 0 Å². The quantitative estimate of drug-likeness (QED) is 0.542. The van der Waals surface area contributed by atoms with Crippen molar-refractivity contribution in [1.29, 1.82) is 0 Å². The maximum atomic E-state index is 8.49. The number of thiophene rings is 1. The van der Waals surface area contributed by atoms with Crippen LogP contribution < -0.4 is 6.15 Å². The Morgan fingerprint density at radius 2 is 2.29 bits per heavy atom. The summed E-state index contributed by atoms with van der Waals surface area (Å²) in [5.41, 5.74) is 0. The Morgan fingerprint density at radius 3 is 2.43 bits per heavy atom. The van der Waals surface area contributed by atoms with Gasteiger partial charge in [0.1, 0.15) is 0 Å². The third-order valence-electron chi connectivity index (χ3n) is 0.506. The van der Waals surface area contributed by atoms with Crippen molar-refractivity contribution in [3.8, 4) is 5.06 Å². The molecular formula is C4H7NOS. The van der Waals surface area contributed by atoms with E-state index in [2.05, 4.69) is 0 Å². The molecule has 0 bridgehead atoms. The van der Waals surface area contributed by atoms with E-state index < -0.39 is 0 Å². The molecule has 0 atom stereocenters. The largest absolute Gasteiger partial charge is 0.499 e. The molecule has 0 aliphatic carbocycles. The summed E-state index contributed by atoms with van der Waals surface area (Å²) >= 11 is 1.33. The summed E-state index contributed by atoms with van der Waals surface area (Å²) in [6, 6.07) is 3.46. The van der Waals surface area contributed by atoms with Gasteiger partial charge in [-0.1, -0.05) is 0 Å². The third kappa shape index (κ3) is 1.57. The van der Waals surface area contributed by atoms with Gasteiger partial charge in [0.15, 0.2) is 5.06 Å². The maximum Gasteiger partial charge on any atom is 0.171 e. The number of aromatic hydroxyl groups is 1. The Morgan fingerprint density at radius 1 is 1.57 bits per heavy atom. The fourth-order valence-electron chi connectivity index (χ4n) is 0.270. The van der Waals surface area contributed by atoms with Crippen molar-refractivity contribution in [2.75, 3.05) is 0 Å². The molecule has 1 rings (SSSR count). The summed E-state index contributed by atoms with van der Waals surface area (Å²) in [5.74, 6) is 0. The van der Waals surface area contributed by atoms with E-state index in [1.807, 2.05) is 5.38 Å².